The van der Waals surface area contributed by atoms with Gasteiger partial charge < -0.3 is 15.2 Å². The molecular formula is C16H20N2O2. The number of anilines is 1. The van der Waals surface area contributed by atoms with Crippen molar-refractivity contribution in [3.8, 4) is 17.5 Å². The van der Waals surface area contributed by atoms with Crippen LogP contribution in [-0.4, -0.2) is 12.1 Å². The van der Waals surface area contributed by atoms with E-state index in [9.17, 15) is 0 Å². The van der Waals surface area contributed by atoms with E-state index in [4.69, 9.17) is 15.2 Å². The Labute approximate surface area is 119 Å². The van der Waals surface area contributed by atoms with Crippen molar-refractivity contribution in [1.82, 2.24) is 4.98 Å². The number of nitrogen functional groups attached to an aromatic ring is 1. The number of pyridine rings is 1. The first-order valence-electron chi connectivity index (χ1n) is 6.60. The molecule has 0 spiro atoms. The largest absolute Gasteiger partial charge is 0.479 e. The van der Waals surface area contributed by atoms with Crippen LogP contribution in [0.25, 0.3) is 0 Å². The highest BCUT2D eigenvalue weighted by Gasteiger charge is 2.09. The van der Waals surface area contributed by atoms with Crippen LogP contribution < -0.4 is 15.2 Å². The highest BCUT2D eigenvalue weighted by atomic mass is 16.5. The standard InChI is InChI=1S/C16H20N2O2/c1-10(2)12-6-5-11(3)14(9-12)20-15-8-7-13(17)16(18-15)19-4/h5-10H,17H2,1-4H3. The van der Waals surface area contributed by atoms with Crippen LogP contribution >= 0.6 is 0 Å². The van der Waals surface area contributed by atoms with Gasteiger partial charge in [0.2, 0.25) is 11.8 Å². The molecule has 0 bridgehead atoms. The van der Waals surface area contributed by atoms with E-state index in [1.165, 1.54) is 12.7 Å². The topological polar surface area (TPSA) is 57.4 Å². The lowest BCUT2D eigenvalue weighted by atomic mass is 10.0. The molecule has 2 rings (SSSR count). The van der Waals surface area contributed by atoms with E-state index in [1.807, 2.05) is 13.0 Å². The van der Waals surface area contributed by atoms with Crippen molar-refractivity contribution in [3.05, 3.63) is 41.5 Å². The summed E-state index contributed by atoms with van der Waals surface area (Å²) in [6.45, 7) is 6.31. The molecule has 0 aliphatic carbocycles. The molecule has 0 fully saturated rings. The van der Waals surface area contributed by atoms with E-state index in [1.54, 1.807) is 12.1 Å². The summed E-state index contributed by atoms with van der Waals surface area (Å²) in [5.74, 6) is 2.10. The summed E-state index contributed by atoms with van der Waals surface area (Å²) >= 11 is 0. The summed E-state index contributed by atoms with van der Waals surface area (Å²) in [5.41, 5.74) is 8.53. The molecule has 0 amide bonds. The molecule has 0 aliphatic rings. The molecule has 1 aromatic heterocycles. The molecule has 0 atom stereocenters. The van der Waals surface area contributed by atoms with Gasteiger partial charge in [-0.25, -0.2) is 0 Å². The predicted molar refractivity (Wildman–Crippen MR) is 80.5 cm³/mol. The maximum Gasteiger partial charge on any atom is 0.240 e. The van der Waals surface area contributed by atoms with Gasteiger partial charge in [0.25, 0.3) is 0 Å². The van der Waals surface area contributed by atoms with Crippen LogP contribution in [0.15, 0.2) is 30.3 Å². The van der Waals surface area contributed by atoms with Crippen molar-refractivity contribution >= 4 is 5.69 Å². The fraction of sp³-hybridized carbons (Fsp3) is 0.312. The van der Waals surface area contributed by atoms with E-state index >= 15 is 0 Å². The van der Waals surface area contributed by atoms with Crippen molar-refractivity contribution in [1.29, 1.82) is 0 Å². The Hall–Kier alpha value is -2.23. The van der Waals surface area contributed by atoms with Crippen LogP contribution in [0.3, 0.4) is 0 Å². The number of nitrogens with two attached hydrogens (primary N) is 1. The number of methoxy groups -OCH3 is 1. The Morgan fingerprint density at radius 3 is 2.55 bits per heavy atom. The van der Waals surface area contributed by atoms with E-state index in [0.717, 1.165) is 11.3 Å². The lowest BCUT2D eigenvalue weighted by molar-refractivity contribution is 0.385. The van der Waals surface area contributed by atoms with Gasteiger partial charge in [-0.1, -0.05) is 26.0 Å². The fourth-order valence-corrected chi connectivity index (χ4v) is 1.85. The van der Waals surface area contributed by atoms with Crippen LogP contribution in [0.1, 0.15) is 30.9 Å². The molecule has 20 heavy (non-hydrogen) atoms. The smallest absolute Gasteiger partial charge is 0.240 e. The number of rotatable bonds is 4. The Morgan fingerprint density at radius 2 is 1.90 bits per heavy atom. The number of hydrogen-bond donors (Lipinski definition) is 1. The average molecular weight is 272 g/mol. The minimum atomic E-state index is 0.375. The van der Waals surface area contributed by atoms with E-state index in [-0.39, 0.29) is 0 Å². The quantitative estimate of drug-likeness (QED) is 0.917. The van der Waals surface area contributed by atoms with Crippen molar-refractivity contribution in [3.63, 3.8) is 0 Å². The van der Waals surface area contributed by atoms with Gasteiger partial charge in [0, 0.05) is 6.07 Å². The van der Waals surface area contributed by atoms with Gasteiger partial charge in [-0.15, -0.1) is 0 Å². The van der Waals surface area contributed by atoms with Crippen molar-refractivity contribution in [2.24, 2.45) is 0 Å². The molecule has 0 saturated carbocycles. The zero-order valence-electron chi connectivity index (χ0n) is 12.3. The fourth-order valence-electron chi connectivity index (χ4n) is 1.85. The molecule has 2 N–H and O–H groups in total. The minimum absolute atomic E-state index is 0.375. The Kier molecular flexibility index (Phi) is 4.13. The summed E-state index contributed by atoms with van der Waals surface area (Å²) in [6, 6.07) is 9.68. The molecule has 106 valence electrons. The SMILES string of the molecule is COc1nc(Oc2cc(C(C)C)ccc2C)ccc1N. The first kappa shape index (κ1) is 14.2. The molecule has 0 aliphatic heterocycles. The van der Waals surface area contributed by atoms with Crippen molar-refractivity contribution < 1.29 is 9.47 Å². The van der Waals surface area contributed by atoms with Gasteiger partial charge in [-0.2, -0.15) is 4.98 Å². The minimum Gasteiger partial charge on any atom is -0.479 e. The summed E-state index contributed by atoms with van der Waals surface area (Å²) in [4.78, 5) is 4.23. The number of aromatic nitrogens is 1. The van der Waals surface area contributed by atoms with Crippen molar-refractivity contribution in [2.75, 3.05) is 12.8 Å². The van der Waals surface area contributed by atoms with Crippen LogP contribution in [-0.2, 0) is 0 Å². The Morgan fingerprint density at radius 1 is 1.15 bits per heavy atom. The predicted octanol–water partition coefficient (Wildman–Crippen LogP) is 3.90. The Balaban J connectivity index is 2.32. The van der Waals surface area contributed by atoms with Gasteiger partial charge in [0.05, 0.1) is 12.8 Å². The highest BCUT2D eigenvalue weighted by Crippen LogP contribution is 2.30. The third kappa shape index (κ3) is 3.02. The third-order valence-corrected chi connectivity index (χ3v) is 3.15. The first-order chi connectivity index (χ1) is 9.51. The number of nitrogens with zero attached hydrogens (tertiary/aromatic N) is 1. The highest BCUT2D eigenvalue weighted by molar-refractivity contribution is 5.50. The maximum absolute atomic E-state index is 5.85. The maximum atomic E-state index is 5.85. The Bertz CT molecular complexity index is 609. The summed E-state index contributed by atoms with van der Waals surface area (Å²) in [5, 5.41) is 0. The number of aryl methyl sites for hydroxylation is 1. The third-order valence-electron chi connectivity index (χ3n) is 3.15. The second kappa shape index (κ2) is 5.82. The van der Waals surface area contributed by atoms with E-state index in [2.05, 4.69) is 31.0 Å². The van der Waals surface area contributed by atoms with Crippen LogP contribution in [0.4, 0.5) is 5.69 Å². The average Bonchev–Trinajstić information content (AvgIpc) is 2.43. The zero-order chi connectivity index (χ0) is 14.7. The van der Waals surface area contributed by atoms with Crippen LogP contribution in [0.2, 0.25) is 0 Å². The zero-order valence-corrected chi connectivity index (χ0v) is 12.3. The molecule has 4 heteroatoms. The molecular weight excluding hydrogens is 252 g/mol. The molecule has 0 unspecified atom stereocenters. The van der Waals surface area contributed by atoms with Gasteiger partial charge in [-0.05, 0) is 36.1 Å². The van der Waals surface area contributed by atoms with E-state index < -0.39 is 0 Å². The summed E-state index contributed by atoms with van der Waals surface area (Å²) in [6.07, 6.45) is 0. The molecule has 4 nitrogen and oxygen atoms in total. The van der Waals surface area contributed by atoms with Crippen LogP contribution in [0, 0.1) is 6.92 Å². The lowest BCUT2D eigenvalue weighted by Gasteiger charge is -2.12. The lowest BCUT2D eigenvalue weighted by Crippen LogP contribution is -1.98. The number of ether oxygens (including phenoxy) is 2. The molecule has 1 heterocycles. The van der Waals surface area contributed by atoms with Crippen molar-refractivity contribution in [2.45, 2.75) is 26.7 Å². The monoisotopic (exact) mass is 272 g/mol. The van der Waals surface area contributed by atoms with Gasteiger partial charge in [-0.3, -0.25) is 0 Å². The van der Waals surface area contributed by atoms with Gasteiger partial charge in [0.15, 0.2) is 0 Å². The second-order valence-electron chi connectivity index (χ2n) is 5.03. The second-order valence-corrected chi connectivity index (χ2v) is 5.03. The molecule has 2 aromatic rings. The van der Waals surface area contributed by atoms with Crippen LogP contribution in [0.5, 0.6) is 17.5 Å². The van der Waals surface area contributed by atoms with E-state index in [0.29, 0.717) is 23.4 Å². The first-order valence-corrected chi connectivity index (χ1v) is 6.60. The summed E-state index contributed by atoms with van der Waals surface area (Å²) in [7, 11) is 1.53. The molecule has 1 aromatic carbocycles. The number of benzene rings is 1. The summed E-state index contributed by atoms with van der Waals surface area (Å²) < 4.78 is 11.0. The number of hydrogen-bond acceptors (Lipinski definition) is 4. The molecule has 0 saturated heterocycles. The van der Waals surface area contributed by atoms with Gasteiger partial charge >= 0.3 is 0 Å². The molecule has 0 radical (unpaired) electrons. The van der Waals surface area contributed by atoms with Gasteiger partial charge in [0.1, 0.15) is 5.75 Å². The normalized spacial score (nSPS) is 10.7.